The lowest BCUT2D eigenvalue weighted by molar-refractivity contribution is 0.123. The lowest BCUT2D eigenvalue weighted by Crippen LogP contribution is -2.39. The number of para-hydroxylation sites is 1. The highest BCUT2D eigenvalue weighted by Crippen LogP contribution is 2.38. The molecule has 1 saturated heterocycles. The van der Waals surface area contributed by atoms with Gasteiger partial charge in [-0.1, -0.05) is 66.7 Å². The van der Waals surface area contributed by atoms with Crippen LogP contribution in [-0.2, 0) is 4.74 Å². The van der Waals surface area contributed by atoms with Gasteiger partial charge in [0.2, 0.25) is 0 Å². The predicted octanol–water partition coefficient (Wildman–Crippen LogP) is 3.90. The molecule has 0 atom stereocenters. The van der Waals surface area contributed by atoms with Gasteiger partial charge in [-0.15, -0.1) is 0 Å². The van der Waals surface area contributed by atoms with E-state index in [4.69, 9.17) is 4.74 Å². The summed E-state index contributed by atoms with van der Waals surface area (Å²) in [6, 6.07) is 26.7. The Morgan fingerprint density at radius 2 is 1.15 bits per heavy atom. The summed E-state index contributed by atoms with van der Waals surface area (Å²) in [5.41, 5.74) is 4.09. The molecule has 4 rings (SSSR count). The Labute approximate surface area is 163 Å². The van der Waals surface area contributed by atoms with E-state index in [1.54, 1.807) is 0 Å². The molecule has 0 radical (unpaired) electrons. The minimum atomic E-state index is -0.616. The fraction of sp³-hybridized carbons (Fsp3) is 0.250. The van der Waals surface area contributed by atoms with E-state index in [9.17, 15) is 0 Å². The number of morpholine rings is 1. The number of hydrogen-bond donors (Lipinski definition) is 0. The Bertz CT molecular complexity index is 872. The predicted molar refractivity (Wildman–Crippen MR) is 118 cm³/mol. The van der Waals surface area contributed by atoms with E-state index in [-0.39, 0.29) is 0 Å². The molecule has 1 fully saturated rings. The van der Waals surface area contributed by atoms with E-state index in [1.807, 2.05) is 0 Å². The molecular weight excluding hydrogens is 349 g/mol. The van der Waals surface area contributed by atoms with Crippen LogP contribution in [0.25, 0.3) is 0 Å². The quantitative estimate of drug-likeness (QED) is 0.642. The molecule has 0 spiro atoms. The maximum atomic E-state index is 5.59. The van der Waals surface area contributed by atoms with Crippen LogP contribution in [0.4, 0.5) is 5.69 Å². The first-order chi connectivity index (χ1) is 13.3. The summed E-state index contributed by atoms with van der Waals surface area (Å²) >= 11 is 0. The van der Waals surface area contributed by atoms with Crippen molar-refractivity contribution in [2.45, 2.75) is 13.8 Å². The Morgan fingerprint density at radius 1 is 0.667 bits per heavy atom. The molecule has 1 aliphatic heterocycles. The third-order valence-electron chi connectivity index (χ3n) is 5.19. The number of hydrogen-bond acceptors (Lipinski definition) is 2. The summed E-state index contributed by atoms with van der Waals surface area (Å²) in [6.07, 6.45) is 0. The van der Waals surface area contributed by atoms with Gasteiger partial charge in [0.15, 0.2) is 0 Å². The lowest BCUT2D eigenvalue weighted by atomic mass is 10.2. The molecular formula is C24H26NOP. The molecule has 1 aliphatic rings. The fourth-order valence-electron chi connectivity index (χ4n) is 3.74. The van der Waals surface area contributed by atoms with Crippen LogP contribution in [-0.4, -0.2) is 26.3 Å². The van der Waals surface area contributed by atoms with Crippen LogP contribution in [0.15, 0.2) is 72.8 Å². The first-order valence-electron chi connectivity index (χ1n) is 9.59. The van der Waals surface area contributed by atoms with Gasteiger partial charge in [0, 0.05) is 24.1 Å². The third-order valence-corrected chi connectivity index (χ3v) is 8.01. The topological polar surface area (TPSA) is 12.5 Å². The number of nitrogens with zero attached hydrogens (tertiary/aromatic N) is 1. The van der Waals surface area contributed by atoms with Gasteiger partial charge in [0.25, 0.3) is 0 Å². The van der Waals surface area contributed by atoms with Gasteiger partial charge in [0.1, 0.15) is 0 Å². The number of aryl methyl sites for hydroxylation is 2. The summed E-state index contributed by atoms with van der Waals surface area (Å²) in [7, 11) is -0.616. The van der Waals surface area contributed by atoms with Crippen LogP contribution in [0.5, 0.6) is 0 Å². The first-order valence-corrected chi connectivity index (χ1v) is 10.9. The van der Waals surface area contributed by atoms with E-state index in [1.165, 1.54) is 32.7 Å². The van der Waals surface area contributed by atoms with Crippen LogP contribution in [0, 0.1) is 13.8 Å². The summed E-state index contributed by atoms with van der Waals surface area (Å²) in [4.78, 5) is 2.49. The van der Waals surface area contributed by atoms with Crippen LogP contribution in [0.1, 0.15) is 11.1 Å². The lowest BCUT2D eigenvalue weighted by Gasteiger charge is -2.33. The number of anilines is 1. The first kappa shape index (κ1) is 18.2. The number of benzene rings is 3. The number of rotatable bonds is 4. The van der Waals surface area contributed by atoms with Crippen molar-refractivity contribution in [3.05, 3.63) is 83.9 Å². The van der Waals surface area contributed by atoms with Gasteiger partial charge in [-0.05, 0) is 49.6 Å². The Balaban J connectivity index is 1.90. The molecule has 0 aromatic heterocycles. The molecule has 2 nitrogen and oxygen atoms in total. The van der Waals surface area contributed by atoms with Crippen molar-refractivity contribution in [1.82, 2.24) is 0 Å². The van der Waals surface area contributed by atoms with Crippen molar-refractivity contribution in [3.63, 3.8) is 0 Å². The number of ether oxygens (including phenoxy) is 1. The molecule has 3 aromatic carbocycles. The molecule has 0 bridgehead atoms. The standard InChI is InChI=1S/C24H26NOP/c1-19-9-3-6-12-22(19)27(23-13-7-4-10-20(23)2)24-14-8-5-11-21(24)25-15-17-26-18-16-25/h3-14H,15-18H2,1-2H3. The molecule has 0 saturated carbocycles. The van der Waals surface area contributed by atoms with Crippen molar-refractivity contribution >= 4 is 29.5 Å². The van der Waals surface area contributed by atoms with E-state index in [2.05, 4.69) is 91.5 Å². The molecule has 138 valence electrons. The maximum absolute atomic E-state index is 5.59. The molecule has 1 heterocycles. The van der Waals surface area contributed by atoms with E-state index in [0.717, 1.165) is 26.3 Å². The molecule has 0 N–H and O–H groups in total. The van der Waals surface area contributed by atoms with Crippen LogP contribution in [0.2, 0.25) is 0 Å². The van der Waals surface area contributed by atoms with Crippen LogP contribution in [0.3, 0.4) is 0 Å². The zero-order valence-electron chi connectivity index (χ0n) is 16.1. The second kappa shape index (κ2) is 8.25. The highest BCUT2D eigenvalue weighted by atomic mass is 31.1. The SMILES string of the molecule is Cc1ccccc1P(c1ccccc1C)c1ccccc1N1CCOCC1. The smallest absolute Gasteiger partial charge is 0.0642 e. The minimum Gasteiger partial charge on any atom is -0.378 e. The summed E-state index contributed by atoms with van der Waals surface area (Å²) in [6.45, 7) is 8.01. The largest absolute Gasteiger partial charge is 0.378 e. The fourth-order valence-corrected chi connectivity index (χ4v) is 6.53. The second-order valence-corrected chi connectivity index (χ2v) is 9.11. The molecule has 3 heteroatoms. The normalized spacial score (nSPS) is 14.6. The van der Waals surface area contributed by atoms with Crippen molar-refractivity contribution in [2.24, 2.45) is 0 Å². The Morgan fingerprint density at radius 3 is 1.70 bits per heavy atom. The zero-order chi connectivity index (χ0) is 18.6. The molecule has 0 amide bonds. The molecule has 27 heavy (non-hydrogen) atoms. The van der Waals surface area contributed by atoms with Crippen molar-refractivity contribution in [2.75, 3.05) is 31.2 Å². The van der Waals surface area contributed by atoms with Gasteiger partial charge >= 0.3 is 0 Å². The van der Waals surface area contributed by atoms with Gasteiger partial charge < -0.3 is 9.64 Å². The van der Waals surface area contributed by atoms with Gasteiger partial charge in [0.05, 0.1) is 13.2 Å². The average molecular weight is 375 g/mol. The van der Waals surface area contributed by atoms with Gasteiger partial charge in [-0.3, -0.25) is 0 Å². The van der Waals surface area contributed by atoms with Gasteiger partial charge in [-0.25, -0.2) is 0 Å². The average Bonchev–Trinajstić information content (AvgIpc) is 2.72. The Hall–Kier alpha value is -2.15. The van der Waals surface area contributed by atoms with Crippen molar-refractivity contribution in [1.29, 1.82) is 0 Å². The van der Waals surface area contributed by atoms with E-state index in [0.29, 0.717) is 0 Å². The highest BCUT2D eigenvalue weighted by molar-refractivity contribution is 7.80. The third kappa shape index (κ3) is 3.78. The minimum absolute atomic E-state index is 0.616. The highest BCUT2D eigenvalue weighted by Gasteiger charge is 2.24. The maximum Gasteiger partial charge on any atom is 0.0642 e. The monoisotopic (exact) mass is 375 g/mol. The summed E-state index contributed by atoms with van der Waals surface area (Å²) in [5.74, 6) is 0. The second-order valence-electron chi connectivity index (χ2n) is 7.00. The summed E-state index contributed by atoms with van der Waals surface area (Å²) < 4.78 is 5.59. The Kier molecular flexibility index (Phi) is 5.57. The molecule has 0 aliphatic carbocycles. The molecule has 3 aromatic rings. The van der Waals surface area contributed by atoms with Crippen molar-refractivity contribution in [3.8, 4) is 0 Å². The molecule has 0 unspecified atom stereocenters. The van der Waals surface area contributed by atoms with E-state index >= 15 is 0 Å². The summed E-state index contributed by atoms with van der Waals surface area (Å²) in [5, 5.41) is 4.34. The van der Waals surface area contributed by atoms with Crippen LogP contribution >= 0.6 is 7.92 Å². The zero-order valence-corrected chi connectivity index (χ0v) is 17.0. The van der Waals surface area contributed by atoms with Gasteiger partial charge in [-0.2, -0.15) is 0 Å². The van der Waals surface area contributed by atoms with Crippen LogP contribution < -0.4 is 20.8 Å². The van der Waals surface area contributed by atoms with Crippen molar-refractivity contribution < 1.29 is 4.74 Å². The van der Waals surface area contributed by atoms with E-state index < -0.39 is 7.92 Å².